The van der Waals surface area contributed by atoms with Gasteiger partial charge in [-0.3, -0.25) is 9.59 Å². The van der Waals surface area contributed by atoms with Gasteiger partial charge in [-0.1, -0.05) is 34.8 Å². The molecular weight excluding hydrogens is 447 g/mol. The van der Waals surface area contributed by atoms with Gasteiger partial charge in [0.1, 0.15) is 0 Å². The van der Waals surface area contributed by atoms with Crippen LogP contribution >= 0.6 is 34.8 Å². The molecule has 2 amide bonds. The number of carbonyl (C=O) groups excluding carboxylic acids is 2. The van der Waals surface area contributed by atoms with Crippen molar-refractivity contribution in [2.45, 2.75) is 6.92 Å². The van der Waals surface area contributed by atoms with Crippen LogP contribution in [-0.4, -0.2) is 26.6 Å². The summed E-state index contributed by atoms with van der Waals surface area (Å²) in [6, 6.07) is 11.7. The number of halogens is 3. The molecule has 30 heavy (non-hydrogen) atoms. The summed E-state index contributed by atoms with van der Waals surface area (Å²) >= 11 is 18.0. The SMILES string of the molecule is Cc1nn(-c2ccc(Cl)cc2)c2ncc3c(c12)C(=O)N(c1ccc(Cl)c(Cl)c1)C3=O. The van der Waals surface area contributed by atoms with E-state index in [-0.39, 0.29) is 16.1 Å². The first kappa shape index (κ1) is 19.1. The number of fused-ring (bicyclic) bond motifs is 3. The number of benzene rings is 2. The third-order valence-electron chi connectivity index (χ3n) is 4.95. The van der Waals surface area contributed by atoms with E-state index in [1.165, 1.54) is 12.3 Å². The van der Waals surface area contributed by atoms with Gasteiger partial charge in [-0.2, -0.15) is 5.10 Å². The highest BCUT2D eigenvalue weighted by molar-refractivity contribution is 6.43. The van der Waals surface area contributed by atoms with E-state index in [1.54, 1.807) is 48.0 Å². The molecule has 0 saturated carbocycles. The Morgan fingerprint density at radius 3 is 2.27 bits per heavy atom. The van der Waals surface area contributed by atoms with Gasteiger partial charge >= 0.3 is 0 Å². The summed E-state index contributed by atoms with van der Waals surface area (Å²) in [6.45, 7) is 1.77. The second-order valence-corrected chi connectivity index (χ2v) is 8.01. The zero-order chi connectivity index (χ0) is 21.2. The molecule has 0 unspecified atom stereocenters. The van der Waals surface area contributed by atoms with Crippen molar-refractivity contribution in [1.29, 1.82) is 0 Å². The lowest BCUT2D eigenvalue weighted by molar-refractivity contribution is 0.0926. The monoisotopic (exact) mass is 456 g/mol. The number of carbonyl (C=O) groups is 2. The van der Waals surface area contributed by atoms with Gasteiger partial charge < -0.3 is 0 Å². The van der Waals surface area contributed by atoms with Crippen LogP contribution in [0, 0.1) is 6.92 Å². The van der Waals surface area contributed by atoms with Crippen LogP contribution in [0.4, 0.5) is 5.69 Å². The number of pyridine rings is 1. The molecule has 0 spiro atoms. The van der Waals surface area contributed by atoms with Crippen LogP contribution in [0.5, 0.6) is 0 Å². The van der Waals surface area contributed by atoms with Gasteiger partial charge in [0, 0.05) is 11.2 Å². The summed E-state index contributed by atoms with van der Waals surface area (Å²) in [7, 11) is 0. The van der Waals surface area contributed by atoms with Crippen molar-refractivity contribution in [1.82, 2.24) is 14.8 Å². The molecule has 5 rings (SSSR count). The second kappa shape index (κ2) is 6.80. The minimum absolute atomic E-state index is 0.220. The van der Waals surface area contributed by atoms with Crippen molar-refractivity contribution < 1.29 is 9.59 Å². The number of hydrogen-bond donors (Lipinski definition) is 0. The summed E-state index contributed by atoms with van der Waals surface area (Å²) in [4.78, 5) is 31.8. The molecule has 2 aromatic heterocycles. The molecule has 0 aliphatic carbocycles. The first-order valence-electron chi connectivity index (χ1n) is 8.85. The van der Waals surface area contributed by atoms with E-state index in [0.717, 1.165) is 10.6 Å². The predicted octanol–water partition coefficient (Wildman–Crippen LogP) is 5.49. The van der Waals surface area contributed by atoms with Gasteiger partial charge in [-0.15, -0.1) is 0 Å². The average molecular weight is 458 g/mol. The highest BCUT2D eigenvalue weighted by Crippen LogP contribution is 2.36. The molecule has 1 aliphatic rings. The van der Waals surface area contributed by atoms with Crippen LogP contribution in [0.15, 0.2) is 48.7 Å². The minimum atomic E-state index is -0.471. The van der Waals surface area contributed by atoms with Crippen molar-refractivity contribution in [3.63, 3.8) is 0 Å². The minimum Gasteiger partial charge on any atom is -0.268 e. The summed E-state index contributed by atoms with van der Waals surface area (Å²) in [5, 5.41) is 6.25. The molecule has 0 fully saturated rings. The van der Waals surface area contributed by atoms with Crippen molar-refractivity contribution in [2.24, 2.45) is 0 Å². The Kier molecular flexibility index (Phi) is 4.32. The zero-order valence-electron chi connectivity index (χ0n) is 15.4. The number of nitrogens with zero attached hydrogens (tertiary/aromatic N) is 4. The Morgan fingerprint density at radius 1 is 0.867 bits per heavy atom. The van der Waals surface area contributed by atoms with E-state index < -0.39 is 11.8 Å². The molecule has 1 aliphatic heterocycles. The third kappa shape index (κ3) is 2.72. The fourth-order valence-corrected chi connectivity index (χ4v) is 4.00. The van der Waals surface area contributed by atoms with Crippen molar-refractivity contribution in [3.8, 4) is 5.69 Å². The molecular formula is C21H11Cl3N4O2. The van der Waals surface area contributed by atoms with E-state index in [2.05, 4.69) is 10.1 Å². The molecule has 3 heterocycles. The molecule has 6 nitrogen and oxygen atoms in total. The van der Waals surface area contributed by atoms with Crippen LogP contribution in [0.1, 0.15) is 26.4 Å². The summed E-state index contributed by atoms with van der Waals surface area (Å²) in [5.74, 6) is -0.930. The Labute approximate surface area is 185 Å². The maximum atomic E-state index is 13.3. The Bertz CT molecular complexity index is 1380. The lowest BCUT2D eigenvalue weighted by atomic mass is 10.1. The van der Waals surface area contributed by atoms with Gasteiger partial charge in [-0.25, -0.2) is 14.6 Å². The molecule has 148 valence electrons. The molecule has 0 radical (unpaired) electrons. The Hall–Kier alpha value is -2.93. The smallest absolute Gasteiger partial charge is 0.267 e. The van der Waals surface area contributed by atoms with E-state index in [1.807, 2.05) is 0 Å². The molecule has 0 saturated heterocycles. The van der Waals surface area contributed by atoms with Gasteiger partial charge in [0.15, 0.2) is 5.65 Å². The number of rotatable bonds is 2. The zero-order valence-corrected chi connectivity index (χ0v) is 17.6. The predicted molar refractivity (Wildman–Crippen MR) is 116 cm³/mol. The summed E-state index contributed by atoms with van der Waals surface area (Å²) in [5.41, 5.74) is 2.63. The molecule has 0 bridgehead atoms. The first-order valence-corrected chi connectivity index (χ1v) is 9.98. The number of anilines is 1. The summed E-state index contributed by atoms with van der Waals surface area (Å²) in [6.07, 6.45) is 1.41. The molecule has 9 heteroatoms. The fraction of sp³-hybridized carbons (Fsp3) is 0.0476. The highest BCUT2D eigenvalue weighted by atomic mass is 35.5. The van der Waals surface area contributed by atoms with Gasteiger partial charge in [0.25, 0.3) is 11.8 Å². The van der Waals surface area contributed by atoms with Gasteiger partial charge in [-0.05, 0) is 49.4 Å². The number of aromatic nitrogens is 3. The fourth-order valence-electron chi connectivity index (χ4n) is 3.58. The highest BCUT2D eigenvalue weighted by Gasteiger charge is 2.40. The van der Waals surface area contributed by atoms with Crippen molar-refractivity contribution in [2.75, 3.05) is 4.90 Å². The quantitative estimate of drug-likeness (QED) is 0.373. The van der Waals surface area contributed by atoms with E-state index in [0.29, 0.717) is 32.5 Å². The number of amides is 2. The van der Waals surface area contributed by atoms with Crippen molar-refractivity contribution in [3.05, 3.63) is 80.6 Å². The Balaban J connectivity index is 1.70. The van der Waals surface area contributed by atoms with Gasteiger partial charge in [0.2, 0.25) is 0 Å². The number of aryl methyl sites for hydroxylation is 1. The van der Waals surface area contributed by atoms with E-state index in [4.69, 9.17) is 34.8 Å². The maximum Gasteiger partial charge on any atom is 0.267 e. The molecule has 0 atom stereocenters. The first-order chi connectivity index (χ1) is 14.4. The Morgan fingerprint density at radius 2 is 1.57 bits per heavy atom. The largest absolute Gasteiger partial charge is 0.268 e. The topological polar surface area (TPSA) is 68.1 Å². The summed E-state index contributed by atoms with van der Waals surface area (Å²) < 4.78 is 1.63. The third-order valence-corrected chi connectivity index (χ3v) is 5.95. The normalized spacial score (nSPS) is 13.4. The molecule has 2 aromatic carbocycles. The maximum absolute atomic E-state index is 13.3. The van der Waals surface area contributed by atoms with E-state index >= 15 is 0 Å². The van der Waals surface area contributed by atoms with E-state index in [9.17, 15) is 9.59 Å². The van der Waals surface area contributed by atoms with Crippen LogP contribution in [-0.2, 0) is 0 Å². The second-order valence-electron chi connectivity index (χ2n) is 6.76. The van der Waals surface area contributed by atoms with Crippen LogP contribution in [0.25, 0.3) is 16.7 Å². The van der Waals surface area contributed by atoms with Crippen molar-refractivity contribution >= 4 is 63.3 Å². The lowest BCUT2D eigenvalue weighted by Crippen LogP contribution is -2.29. The van der Waals surface area contributed by atoms with Crippen LogP contribution in [0.2, 0.25) is 15.1 Å². The standard InChI is InChI=1S/C21H11Cl3N4O2/c1-10-17-18-14(9-25-19(17)28(26-10)12-4-2-11(22)3-5-12)20(29)27(21(18)30)13-6-7-15(23)16(24)8-13/h2-9H,1H3. The number of hydrogen-bond acceptors (Lipinski definition) is 4. The average Bonchev–Trinajstić information content (AvgIpc) is 3.19. The lowest BCUT2D eigenvalue weighted by Gasteiger charge is -2.14. The molecule has 0 N–H and O–H groups in total. The number of imide groups is 1. The van der Waals surface area contributed by atoms with Crippen LogP contribution < -0.4 is 4.90 Å². The van der Waals surface area contributed by atoms with Crippen LogP contribution in [0.3, 0.4) is 0 Å². The molecule has 4 aromatic rings. The van der Waals surface area contributed by atoms with Gasteiger partial charge in [0.05, 0.1) is 43.6 Å².